The molecule has 2 aromatic rings. The van der Waals surface area contributed by atoms with E-state index in [9.17, 15) is 4.79 Å². The van der Waals surface area contributed by atoms with E-state index in [4.69, 9.17) is 21.1 Å². The average molecular weight is 428 g/mol. The third kappa shape index (κ3) is 3.30. The van der Waals surface area contributed by atoms with E-state index in [0.717, 1.165) is 30.3 Å². The van der Waals surface area contributed by atoms with E-state index in [0.29, 0.717) is 30.3 Å². The number of benzene rings is 2. The van der Waals surface area contributed by atoms with Gasteiger partial charge in [0.15, 0.2) is 11.5 Å². The molecule has 4 nitrogen and oxygen atoms in total. The number of methoxy groups -OCH3 is 2. The molecular weight excluding hydrogens is 398 g/mol. The van der Waals surface area contributed by atoms with Crippen LogP contribution in [-0.4, -0.2) is 38.0 Å². The predicted octanol–water partition coefficient (Wildman–Crippen LogP) is 5.41. The molecule has 2 heterocycles. The zero-order valence-corrected chi connectivity index (χ0v) is 19.0. The first kappa shape index (κ1) is 21.2. The summed E-state index contributed by atoms with van der Waals surface area (Å²) in [4.78, 5) is 15.3. The van der Waals surface area contributed by atoms with E-state index in [2.05, 4.69) is 43.0 Å². The number of rotatable bonds is 5. The van der Waals surface area contributed by atoms with Crippen molar-refractivity contribution in [1.29, 1.82) is 0 Å². The smallest absolute Gasteiger partial charge is 0.161 e. The Hall–Kier alpha value is -2.04. The number of halogens is 1. The molecule has 2 aromatic carbocycles. The van der Waals surface area contributed by atoms with Gasteiger partial charge in [0.1, 0.15) is 5.78 Å². The van der Waals surface area contributed by atoms with E-state index in [1.54, 1.807) is 14.2 Å². The first-order chi connectivity index (χ1) is 14.4. The molecule has 5 heteroatoms. The quantitative estimate of drug-likeness (QED) is 0.639. The number of hydrogen-bond donors (Lipinski definition) is 0. The molecule has 2 aliphatic rings. The molecule has 160 valence electrons. The molecule has 4 rings (SSSR count). The number of nitrogens with zero attached hydrogens (tertiary/aromatic N) is 1. The van der Waals surface area contributed by atoms with Crippen LogP contribution < -0.4 is 9.47 Å². The van der Waals surface area contributed by atoms with Crippen LogP contribution in [0.2, 0.25) is 5.02 Å². The second-order valence-electron chi connectivity index (χ2n) is 8.54. The fraction of sp³-hybridized carbons (Fsp3) is 0.480. The zero-order chi connectivity index (χ0) is 21.5. The molecule has 0 saturated carbocycles. The first-order valence-electron chi connectivity index (χ1n) is 10.7. The van der Waals surface area contributed by atoms with Crippen LogP contribution in [0.5, 0.6) is 11.5 Å². The first-order valence-corrected chi connectivity index (χ1v) is 11.1. The summed E-state index contributed by atoms with van der Waals surface area (Å²) in [6.07, 6.45) is 2.18. The molecule has 30 heavy (non-hydrogen) atoms. The molecule has 0 radical (unpaired) electrons. The molecule has 0 amide bonds. The van der Waals surface area contributed by atoms with Gasteiger partial charge in [0.2, 0.25) is 0 Å². The Bertz CT molecular complexity index is 942. The van der Waals surface area contributed by atoms with E-state index < -0.39 is 0 Å². The number of ketones is 1. The van der Waals surface area contributed by atoms with Crippen molar-refractivity contribution in [3.8, 4) is 11.5 Å². The van der Waals surface area contributed by atoms with Gasteiger partial charge in [-0.2, -0.15) is 0 Å². The van der Waals surface area contributed by atoms with Gasteiger partial charge in [0.05, 0.1) is 19.8 Å². The molecule has 0 bridgehead atoms. The number of ether oxygens (including phenoxy) is 2. The summed E-state index contributed by atoms with van der Waals surface area (Å²) in [6.45, 7) is 6.15. The van der Waals surface area contributed by atoms with Crippen molar-refractivity contribution in [1.82, 2.24) is 4.90 Å². The van der Waals surface area contributed by atoms with Gasteiger partial charge >= 0.3 is 0 Å². The number of Topliss-reactive ketones (excluding diaryl/α,β-unsaturated/α-hetero) is 1. The van der Waals surface area contributed by atoms with Crippen molar-refractivity contribution < 1.29 is 14.3 Å². The predicted molar refractivity (Wildman–Crippen MR) is 120 cm³/mol. The van der Waals surface area contributed by atoms with Crippen LogP contribution in [0.1, 0.15) is 55.7 Å². The molecule has 0 aliphatic carbocycles. The summed E-state index contributed by atoms with van der Waals surface area (Å²) in [5, 5.41) is 0.736. The van der Waals surface area contributed by atoms with Crippen molar-refractivity contribution in [3.05, 3.63) is 58.1 Å². The number of carbonyl (C=O) groups excluding carboxylic acids is 1. The summed E-state index contributed by atoms with van der Waals surface area (Å²) < 4.78 is 11.3. The fourth-order valence-corrected chi connectivity index (χ4v) is 5.55. The van der Waals surface area contributed by atoms with Crippen molar-refractivity contribution in [3.63, 3.8) is 0 Å². The lowest BCUT2D eigenvalue weighted by Crippen LogP contribution is -2.59. The lowest BCUT2D eigenvalue weighted by Gasteiger charge is -2.56. The lowest BCUT2D eigenvalue weighted by molar-refractivity contribution is -0.130. The summed E-state index contributed by atoms with van der Waals surface area (Å²) in [5.74, 6) is 2.31. The number of hydrogen-bond acceptors (Lipinski definition) is 4. The minimum atomic E-state index is -0.304. The van der Waals surface area contributed by atoms with Crippen LogP contribution in [0, 0.1) is 5.92 Å². The highest BCUT2D eigenvalue weighted by Crippen LogP contribution is 2.53. The highest BCUT2D eigenvalue weighted by atomic mass is 35.5. The fourth-order valence-electron chi connectivity index (χ4n) is 5.43. The molecule has 0 aromatic heterocycles. The zero-order valence-electron chi connectivity index (χ0n) is 18.2. The lowest BCUT2D eigenvalue weighted by atomic mass is 9.64. The van der Waals surface area contributed by atoms with E-state index in [-0.39, 0.29) is 11.5 Å². The molecule has 3 unspecified atom stereocenters. The van der Waals surface area contributed by atoms with Gasteiger partial charge in [-0.3, -0.25) is 9.69 Å². The minimum absolute atomic E-state index is 0.183. The largest absolute Gasteiger partial charge is 0.493 e. The normalized spacial score (nSPS) is 24.7. The minimum Gasteiger partial charge on any atom is -0.493 e. The molecule has 1 fully saturated rings. The number of fused-ring (bicyclic) bond motifs is 3. The topological polar surface area (TPSA) is 38.8 Å². The van der Waals surface area contributed by atoms with E-state index >= 15 is 0 Å². The summed E-state index contributed by atoms with van der Waals surface area (Å²) in [5.41, 5.74) is 3.35. The summed E-state index contributed by atoms with van der Waals surface area (Å²) >= 11 is 6.16. The molecule has 3 atom stereocenters. The van der Waals surface area contributed by atoms with Gasteiger partial charge in [-0.15, -0.1) is 0 Å². The average Bonchev–Trinajstić information content (AvgIpc) is 2.77. The maximum absolute atomic E-state index is 12.7. The van der Waals surface area contributed by atoms with Gasteiger partial charge in [-0.05, 0) is 46.9 Å². The standard InChI is InChI=1S/C25H30ClNO3/c1-5-16(2)25-14-19(28)10-11-27(25)15-21(17-6-8-18(26)9-7-17)20-12-23(29-3)24(30-4)13-22(20)25/h6-9,12-13,16,21H,5,10-11,14-15H2,1-4H3. The van der Waals surface area contributed by atoms with Crippen molar-refractivity contribution in [2.24, 2.45) is 5.92 Å². The van der Waals surface area contributed by atoms with Crippen LogP contribution in [-0.2, 0) is 10.3 Å². The number of carbonyl (C=O) groups is 1. The van der Waals surface area contributed by atoms with Crippen LogP contribution in [0.15, 0.2) is 36.4 Å². The molecular formula is C25H30ClNO3. The van der Waals surface area contributed by atoms with Crippen LogP contribution in [0.3, 0.4) is 0 Å². The Balaban J connectivity index is 1.98. The van der Waals surface area contributed by atoms with Gasteiger partial charge < -0.3 is 9.47 Å². The summed E-state index contributed by atoms with van der Waals surface area (Å²) in [7, 11) is 3.34. The van der Waals surface area contributed by atoms with Crippen LogP contribution in [0.4, 0.5) is 0 Å². The molecule has 0 spiro atoms. The van der Waals surface area contributed by atoms with Gasteiger partial charge in [0.25, 0.3) is 0 Å². The van der Waals surface area contributed by atoms with Crippen molar-refractivity contribution >= 4 is 17.4 Å². The molecule has 2 aliphatic heterocycles. The van der Waals surface area contributed by atoms with Crippen molar-refractivity contribution in [2.45, 2.75) is 44.6 Å². The Morgan fingerprint density at radius 1 is 1.17 bits per heavy atom. The summed E-state index contributed by atoms with van der Waals surface area (Å²) in [6, 6.07) is 12.4. The maximum Gasteiger partial charge on any atom is 0.161 e. The Kier molecular flexibility index (Phi) is 5.82. The SMILES string of the molecule is CCC(C)C12CC(=O)CCN1CC(c1ccc(Cl)cc1)c1cc(OC)c(OC)cc12. The number of piperidine rings is 1. The van der Waals surface area contributed by atoms with Gasteiger partial charge in [0, 0.05) is 36.9 Å². The third-order valence-corrected chi connectivity index (χ3v) is 7.44. The third-order valence-electron chi connectivity index (χ3n) is 7.19. The maximum atomic E-state index is 12.7. The molecule has 0 N–H and O–H groups in total. The van der Waals surface area contributed by atoms with Crippen molar-refractivity contribution in [2.75, 3.05) is 27.3 Å². The van der Waals surface area contributed by atoms with E-state index in [1.165, 1.54) is 16.7 Å². The second kappa shape index (κ2) is 8.24. The van der Waals surface area contributed by atoms with Gasteiger partial charge in [-0.25, -0.2) is 0 Å². The Morgan fingerprint density at radius 2 is 1.83 bits per heavy atom. The van der Waals surface area contributed by atoms with E-state index in [1.807, 2.05) is 12.1 Å². The highest BCUT2D eigenvalue weighted by molar-refractivity contribution is 6.30. The van der Waals surface area contributed by atoms with Crippen LogP contribution in [0.25, 0.3) is 0 Å². The monoisotopic (exact) mass is 427 g/mol. The van der Waals surface area contributed by atoms with Gasteiger partial charge in [-0.1, -0.05) is 44.0 Å². The Morgan fingerprint density at radius 3 is 2.47 bits per heavy atom. The Labute approximate surface area is 184 Å². The molecule has 1 saturated heterocycles. The second-order valence-corrected chi connectivity index (χ2v) is 8.98. The highest BCUT2D eigenvalue weighted by Gasteiger charge is 2.52. The van der Waals surface area contributed by atoms with Crippen LogP contribution >= 0.6 is 11.6 Å².